The smallest absolute Gasteiger partial charge is 0.367 e. The van der Waals surface area contributed by atoms with Crippen molar-refractivity contribution < 1.29 is 18.1 Å². The Balaban J connectivity index is 2.11. The van der Waals surface area contributed by atoms with Gasteiger partial charge in [-0.1, -0.05) is 48.0 Å². The lowest BCUT2D eigenvalue weighted by Crippen LogP contribution is -2.15. The number of halogens is 4. The Morgan fingerprint density at radius 1 is 1.07 bits per heavy atom. The zero-order valence-electron chi connectivity index (χ0n) is 14.2. The van der Waals surface area contributed by atoms with E-state index in [1.807, 2.05) is 0 Å². The number of pyridine rings is 1. The number of aromatic nitrogens is 1. The maximum Gasteiger partial charge on any atom is 0.418 e. The molecule has 1 unspecified atom stereocenters. The fourth-order valence-corrected chi connectivity index (χ4v) is 2.99. The number of alkyl halides is 3. The van der Waals surface area contributed by atoms with Crippen molar-refractivity contribution in [3.05, 3.63) is 98.8 Å². The van der Waals surface area contributed by atoms with Gasteiger partial charge in [0, 0.05) is 12.3 Å². The van der Waals surface area contributed by atoms with Crippen LogP contribution in [-0.4, -0.2) is 9.91 Å². The van der Waals surface area contributed by atoms with Crippen LogP contribution in [0.3, 0.4) is 0 Å². The van der Waals surface area contributed by atoms with Gasteiger partial charge in [-0.2, -0.15) is 13.2 Å². The third kappa shape index (κ3) is 4.23. The average molecular weight is 408 g/mol. The highest BCUT2D eigenvalue weighted by atomic mass is 35.5. The van der Waals surface area contributed by atoms with Crippen molar-refractivity contribution in [2.24, 2.45) is 0 Å². The Morgan fingerprint density at radius 3 is 2.32 bits per heavy atom. The molecule has 28 heavy (non-hydrogen) atoms. The van der Waals surface area contributed by atoms with E-state index in [-0.39, 0.29) is 5.69 Å². The first-order valence-electron chi connectivity index (χ1n) is 8.05. The van der Waals surface area contributed by atoms with Gasteiger partial charge in [0.2, 0.25) is 0 Å². The van der Waals surface area contributed by atoms with E-state index in [4.69, 9.17) is 11.6 Å². The predicted molar refractivity (Wildman–Crippen MR) is 99.3 cm³/mol. The highest BCUT2D eigenvalue weighted by molar-refractivity contribution is 6.31. The first-order chi connectivity index (χ1) is 13.3. The number of rotatable bonds is 5. The second-order valence-electron chi connectivity index (χ2n) is 5.85. The lowest BCUT2D eigenvalue weighted by molar-refractivity contribution is -0.384. The van der Waals surface area contributed by atoms with Gasteiger partial charge in [0.15, 0.2) is 0 Å². The van der Waals surface area contributed by atoms with Crippen molar-refractivity contribution in [1.29, 1.82) is 0 Å². The topological polar surface area (TPSA) is 68.1 Å². The van der Waals surface area contributed by atoms with Crippen LogP contribution in [-0.2, 0) is 6.18 Å². The molecule has 3 aromatic rings. The van der Waals surface area contributed by atoms with Gasteiger partial charge < -0.3 is 5.32 Å². The van der Waals surface area contributed by atoms with Crippen LogP contribution in [0.5, 0.6) is 0 Å². The van der Waals surface area contributed by atoms with E-state index in [2.05, 4.69) is 10.3 Å². The summed E-state index contributed by atoms with van der Waals surface area (Å²) in [5.74, 6) is 0. The second-order valence-corrected chi connectivity index (χ2v) is 6.25. The summed E-state index contributed by atoms with van der Waals surface area (Å²) in [5, 5.41) is 13.7. The molecule has 0 bridgehead atoms. The summed E-state index contributed by atoms with van der Waals surface area (Å²) in [6, 6.07) is 14.8. The molecule has 1 atom stereocenters. The van der Waals surface area contributed by atoms with Crippen molar-refractivity contribution in [3.63, 3.8) is 0 Å². The highest BCUT2D eigenvalue weighted by Crippen LogP contribution is 2.41. The number of nitro groups is 1. The highest BCUT2D eigenvalue weighted by Gasteiger charge is 2.36. The van der Waals surface area contributed by atoms with E-state index in [1.165, 1.54) is 0 Å². The van der Waals surface area contributed by atoms with Crippen LogP contribution < -0.4 is 5.32 Å². The van der Waals surface area contributed by atoms with Crippen LogP contribution in [0.4, 0.5) is 24.5 Å². The van der Waals surface area contributed by atoms with Crippen molar-refractivity contribution in [2.45, 2.75) is 12.2 Å². The Hall–Kier alpha value is -3.13. The largest absolute Gasteiger partial charge is 0.418 e. The van der Waals surface area contributed by atoms with Gasteiger partial charge in [0.1, 0.15) is 5.69 Å². The zero-order valence-corrected chi connectivity index (χ0v) is 14.9. The fraction of sp³-hybridized carbons (Fsp3) is 0.105. The molecule has 0 fully saturated rings. The Morgan fingerprint density at radius 2 is 1.75 bits per heavy atom. The van der Waals surface area contributed by atoms with Crippen LogP contribution in [0.25, 0.3) is 0 Å². The van der Waals surface area contributed by atoms with E-state index < -0.39 is 33.4 Å². The standard InChI is InChI=1S/C19H13ClF3N3O2/c20-14-11-16(17(26(27)28)10-13(14)19(21,22)23)25-18(12-6-2-1-3-7-12)15-8-4-5-9-24-15/h1-11,18,25H. The van der Waals surface area contributed by atoms with Crippen LogP contribution in [0.15, 0.2) is 66.9 Å². The van der Waals surface area contributed by atoms with E-state index in [1.54, 1.807) is 54.7 Å². The van der Waals surface area contributed by atoms with Crippen LogP contribution in [0.2, 0.25) is 5.02 Å². The van der Waals surface area contributed by atoms with Gasteiger partial charge in [0.25, 0.3) is 5.69 Å². The van der Waals surface area contributed by atoms with E-state index in [9.17, 15) is 23.3 Å². The second kappa shape index (κ2) is 7.85. The molecule has 0 aliphatic rings. The molecule has 1 N–H and O–H groups in total. The lowest BCUT2D eigenvalue weighted by Gasteiger charge is -2.21. The maximum absolute atomic E-state index is 13.1. The summed E-state index contributed by atoms with van der Waals surface area (Å²) in [4.78, 5) is 14.8. The summed E-state index contributed by atoms with van der Waals surface area (Å²) >= 11 is 5.77. The van der Waals surface area contributed by atoms with E-state index in [0.717, 1.165) is 11.6 Å². The quantitative estimate of drug-likeness (QED) is 0.424. The van der Waals surface area contributed by atoms with Gasteiger partial charge in [0.05, 0.1) is 27.2 Å². The average Bonchev–Trinajstić information content (AvgIpc) is 2.66. The lowest BCUT2D eigenvalue weighted by atomic mass is 10.0. The van der Waals surface area contributed by atoms with E-state index >= 15 is 0 Å². The van der Waals surface area contributed by atoms with Gasteiger partial charge in [-0.3, -0.25) is 15.1 Å². The fourth-order valence-electron chi connectivity index (χ4n) is 2.72. The molecule has 144 valence electrons. The minimum Gasteiger partial charge on any atom is -0.367 e. The molecule has 0 spiro atoms. The normalized spacial score (nSPS) is 12.4. The molecule has 0 amide bonds. The minimum atomic E-state index is -4.81. The molecule has 2 aromatic carbocycles. The van der Waals surface area contributed by atoms with Crippen molar-refractivity contribution in [2.75, 3.05) is 5.32 Å². The van der Waals surface area contributed by atoms with Crippen LogP contribution >= 0.6 is 11.6 Å². The van der Waals surface area contributed by atoms with Crippen LogP contribution in [0.1, 0.15) is 22.9 Å². The summed E-state index contributed by atoms with van der Waals surface area (Å²) < 4.78 is 39.2. The number of nitro benzene ring substituents is 1. The third-order valence-corrected chi connectivity index (χ3v) is 4.32. The first kappa shape index (κ1) is 19.6. The van der Waals surface area contributed by atoms with Crippen molar-refractivity contribution >= 4 is 23.0 Å². The molecule has 0 radical (unpaired) electrons. The maximum atomic E-state index is 13.1. The monoisotopic (exact) mass is 407 g/mol. The molecule has 1 aromatic heterocycles. The Kier molecular flexibility index (Phi) is 5.51. The van der Waals surface area contributed by atoms with Crippen molar-refractivity contribution in [1.82, 2.24) is 4.98 Å². The first-order valence-corrected chi connectivity index (χ1v) is 8.42. The number of benzene rings is 2. The number of anilines is 1. The SMILES string of the molecule is O=[N+]([O-])c1cc(C(F)(F)F)c(Cl)cc1NC(c1ccccc1)c1ccccn1. The van der Waals surface area contributed by atoms with Crippen molar-refractivity contribution in [3.8, 4) is 0 Å². The third-order valence-electron chi connectivity index (χ3n) is 4.00. The molecule has 5 nitrogen and oxygen atoms in total. The molecule has 0 aliphatic heterocycles. The molecule has 1 heterocycles. The zero-order chi connectivity index (χ0) is 20.3. The molecule has 3 rings (SSSR count). The molecule has 0 aliphatic carbocycles. The predicted octanol–water partition coefficient (Wildman–Crippen LogP) is 5.86. The van der Waals surface area contributed by atoms with E-state index in [0.29, 0.717) is 11.8 Å². The van der Waals surface area contributed by atoms with Gasteiger partial charge in [-0.15, -0.1) is 0 Å². The minimum absolute atomic E-state index is 0.137. The molecule has 0 saturated carbocycles. The Bertz CT molecular complexity index is 943. The molecule has 0 saturated heterocycles. The summed E-state index contributed by atoms with van der Waals surface area (Å²) in [6.07, 6.45) is -3.25. The molecular formula is C19H13ClF3N3O2. The van der Waals surface area contributed by atoms with Gasteiger partial charge in [-0.05, 0) is 23.8 Å². The summed E-state index contributed by atoms with van der Waals surface area (Å²) in [6.45, 7) is 0. The molecular weight excluding hydrogens is 395 g/mol. The number of nitrogens with zero attached hydrogens (tertiary/aromatic N) is 2. The Labute approximate surface area is 162 Å². The number of hydrogen-bond acceptors (Lipinski definition) is 4. The molecule has 9 heteroatoms. The van der Waals surface area contributed by atoms with Gasteiger partial charge in [-0.25, -0.2) is 0 Å². The summed E-state index contributed by atoms with van der Waals surface area (Å²) in [7, 11) is 0. The number of hydrogen-bond donors (Lipinski definition) is 1. The van der Waals surface area contributed by atoms with Gasteiger partial charge >= 0.3 is 6.18 Å². The summed E-state index contributed by atoms with van der Waals surface area (Å²) in [5.41, 5.74) is -0.859. The van der Waals surface area contributed by atoms with Crippen LogP contribution in [0, 0.1) is 10.1 Å². The number of nitrogens with one attached hydrogen (secondary N) is 1.